The smallest absolute Gasteiger partial charge is 0.0731 e. The topological polar surface area (TPSA) is 44.5 Å². The van der Waals surface area contributed by atoms with Gasteiger partial charge in [0.25, 0.3) is 0 Å². The van der Waals surface area contributed by atoms with Crippen LogP contribution in [0, 0.1) is 0 Å². The van der Waals surface area contributed by atoms with Crippen molar-refractivity contribution in [2.45, 2.75) is 0 Å². The molecular formula is C11H17BrN4. The normalized spacial score (nSPS) is 18.6. The Morgan fingerprint density at radius 2 is 1.94 bits per heavy atom. The van der Waals surface area contributed by atoms with E-state index in [2.05, 4.69) is 38.3 Å². The van der Waals surface area contributed by atoms with Gasteiger partial charge in [-0.15, -0.1) is 0 Å². The molecule has 1 aliphatic heterocycles. The van der Waals surface area contributed by atoms with Gasteiger partial charge < -0.3 is 16.1 Å². The number of rotatable bonds is 2. The molecule has 1 fully saturated rings. The van der Waals surface area contributed by atoms with E-state index >= 15 is 0 Å². The number of anilines is 2. The van der Waals surface area contributed by atoms with Gasteiger partial charge in [0.2, 0.25) is 0 Å². The van der Waals surface area contributed by atoms with Gasteiger partial charge in [0.05, 0.1) is 11.4 Å². The van der Waals surface area contributed by atoms with Gasteiger partial charge in [-0.05, 0) is 25.2 Å². The van der Waals surface area contributed by atoms with Gasteiger partial charge in [-0.3, -0.25) is 0 Å². The highest BCUT2D eigenvalue weighted by molar-refractivity contribution is 9.10. The first-order valence-electron chi connectivity index (χ1n) is 5.40. The van der Waals surface area contributed by atoms with E-state index < -0.39 is 0 Å². The van der Waals surface area contributed by atoms with Crippen LogP contribution in [-0.2, 0) is 0 Å². The molecule has 1 aromatic rings. The molecule has 1 saturated heterocycles. The molecule has 88 valence electrons. The maximum atomic E-state index is 5.91. The van der Waals surface area contributed by atoms with Crippen molar-refractivity contribution in [1.82, 2.24) is 9.91 Å². The highest BCUT2D eigenvalue weighted by Gasteiger charge is 2.14. The second kappa shape index (κ2) is 5.03. The van der Waals surface area contributed by atoms with E-state index in [1.807, 2.05) is 18.2 Å². The fourth-order valence-corrected chi connectivity index (χ4v) is 2.08. The molecule has 0 unspecified atom stereocenters. The summed E-state index contributed by atoms with van der Waals surface area (Å²) in [4.78, 5) is 2.32. The Morgan fingerprint density at radius 1 is 1.25 bits per heavy atom. The number of halogens is 1. The van der Waals surface area contributed by atoms with Crippen LogP contribution in [0.2, 0.25) is 0 Å². The number of benzene rings is 1. The number of hydrazine groups is 1. The van der Waals surface area contributed by atoms with E-state index in [1.165, 1.54) is 0 Å². The number of nitrogens with zero attached hydrogens (tertiary/aromatic N) is 2. The molecule has 2 rings (SSSR count). The molecule has 0 spiro atoms. The molecule has 4 nitrogen and oxygen atoms in total. The fraction of sp³-hybridized carbons (Fsp3) is 0.455. The van der Waals surface area contributed by atoms with Crippen molar-refractivity contribution in [2.24, 2.45) is 0 Å². The van der Waals surface area contributed by atoms with Crippen LogP contribution >= 0.6 is 15.9 Å². The van der Waals surface area contributed by atoms with Crippen molar-refractivity contribution in [2.75, 3.05) is 44.4 Å². The minimum Gasteiger partial charge on any atom is -0.397 e. The molecule has 16 heavy (non-hydrogen) atoms. The zero-order valence-electron chi connectivity index (χ0n) is 9.41. The molecule has 3 N–H and O–H groups in total. The molecule has 0 amide bonds. The molecule has 1 aliphatic rings. The highest BCUT2D eigenvalue weighted by atomic mass is 79.9. The Morgan fingerprint density at radius 3 is 2.62 bits per heavy atom. The third-order valence-electron chi connectivity index (χ3n) is 2.80. The number of piperazine rings is 1. The van der Waals surface area contributed by atoms with Crippen molar-refractivity contribution in [1.29, 1.82) is 0 Å². The van der Waals surface area contributed by atoms with Gasteiger partial charge in [0, 0.05) is 30.7 Å². The number of nitrogens with two attached hydrogens (primary N) is 1. The van der Waals surface area contributed by atoms with Gasteiger partial charge in [-0.25, -0.2) is 5.01 Å². The molecule has 5 heteroatoms. The molecule has 0 atom stereocenters. The number of nitrogen functional groups attached to an aromatic ring is 1. The van der Waals surface area contributed by atoms with Crippen LogP contribution in [0.15, 0.2) is 22.7 Å². The average molecular weight is 285 g/mol. The van der Waals surface area contributed by atoms with Crippen molar-refractivity contribution in [3.63, 3.8) is 0 Å². The molecule has 1 aromatic carbocycles. The Kier molecular flexibility index (Phi) is 3.68. The summed E-state index contributed by atoms with van der Waals surface area (Å²) < 4.78 is 1.04. The van der Waals surface area contributed by atoms with E-state index in [1.54, 1.807) is 0 Å². The molecule has 0 saturated carbocycles. The zero-order valence-corrected chi connectivity index (χ0v) is 11.0. The number of hydrogen-bond donors (Lipinski definition) is 2. The minimum atomic E-state index is 0.780. The Hall–Kier alpha value is -0.780. The van der Waals surface area contributed by atoms with Crippen molar-refractivity contribution in [3.05, 3.63) is 22.7 Å². The molecular weight excluding hydrogens is 268 g/mol. The summed E-state index contributed by atoms with van der Waals surface area (Å²) in [5.41, 5.74) is 11.0. The maximum Gasteiger partial charge on any atom is 0.0731 e. The largest absolute Gasteiger partial charge is 0.397 e. The summed E-state index contributed by atoms with van der Waals surface area (Å²) in [5, 5.41) is 2.21. The van der Waals surface area contributed by atoms with Crippen molar-refractivity contribution in [3.8, 4) is 0 Å². The summed E-state index contributed by atoms with van der Waals surface area (Å²) in [6.45, 7) is 4.20. The monoisotopic (exact) mass is 284 g/mol. The van der Waals surface area contributed by atoms with E-state index in [0.717, 1.165) is 42.0 Å². The molecule has 0 aromatic heterocycles. The van der Waals surface area contributed by atoms with Crippen LogP contribution < -0.4 is 11.2 Å². The third kappa shape index (κ3) is 2.87. The lowest BCUT2D eigenvalue weighted by molar-refractivity contribution is 0.179. The van der Waals surface area contributed by atoms with Gasteiger partial charge >= 0.3 is 0 Å². The Bertz CT molecular complexity index is 361. The van der Waals surface area contributed by atoms with Gasteiger partial charge in [-0.2, -0.15) is 0 Å². The predicted octanol–water partition coefficient (Wildman–Crippen LogP) is 1.61. The second-order valence-corrected chi connectivity index (χ2v) is 5.05. The van der Waals surface area contributed by atoms with Crippen LogP contribution in [0.3, 0.4) is 0 Å². The summed E-state index contributed by atoms with van der Waals surface area (Å²) in [5.74, 6) is 0. The van der Waals surface area contributed by atoms with Crippen LogP contribution in [0.5, 0.6) is 0 Å². The Balaban J connectivity index is 2.00. The van der Waals surface area contributed by atoms with Crippen LogP contribution in [0.4, 0.5) is 11.4 Å². The first-order chi connectivity index (χ1) is 7.65. The second-order valence-electron chi connectivity index (χ2n) is 4.13. The van der Waals surface area contributed by atoms with Crippen LogP contribution in [0.25, 0.3) is 0 Å². The van der Waals surface area contributed by atoms with Crippen LogP contribution in [-0.4, -0.2) is 43.1 Å². The van der Waals surface area contributed by atoms with Crippen LogP contribution in [0.1, 0.15) is 0 Å². The van der Waals surface area contributed by atoms with E-state index in [0.29, 0.717) is 0 Å². The lowest BCUT2D eigenvalue weighted by atomic mass is 10.3. The predicted molar refractivity (Wildman–Crippen MR) is 71.2 cm³/mol. The summed E-state index contributed by atoms with van der Waals surface area (Å²) in [6, 6.07) is 5.86. The number of likely N-dealkylation sites (N-methyl/N-ethyl adjacent to an activating group) is 1. The lowest BCUT2D eigenvalue weighted by Gasteiger charge is -2.33. The number of hydrogen-bond acceptors (Lipinski definition) is 4. The minimum absolute atomic E-state index is 0.780. The molecule has 0 bridgehead atoms. The quantitative estimate of drug-likeness (QED) is 0.810. The molecule has 0 radical (unpaired) electrons. The standard InChI is InChI=1S/C11H17BrN4/c1-15-4-6-16(7-5-15)14-11-8-9(12)2-3-10(11)13/h2-3,8,14H,4-7,13H2,1H3. The third-order valence-corrected chi connectivity index (χ3v) is 3.29. The first kappa shape index (κ1) is 11.7. The fourth-order valence-electron chi connectivity index (χ4n) is 1.71. The zero-order chi connectivity index (χ0) is 11.5. The van der Waals surface area contributed by atoms with Gasteiger partial charge in [0.15, 0.2) is 0 Å². The molecule has 1 heterocycles. The molecule has 0 aliphatic carbocycles. The van der Waals surface area contributed by atoms with Crippen molar-refractivity contribution < 1.29 is 0 Å². The van der Waals surface area contributed by atoms with Gasteiger partial charge in [0.1, 0.15) is 0 Å². The van der Waals surface area contributed by atoms with E-state index in [9.17, 15) is 0 Å². The average Bonchev–Trinajstić information content (AvgIpc) is 2.27. The highest BCUT2D eigenvalue weighted by Crippen LogP contribution is 2.23. The van der Waals surface area contributed by atoms with Gasteiger partial charge in [-0.1, -0.05) is 15.9 Å². The summed E-state index contributed by atoms with van der Waals surface area (Å²) in [7, 11) is 2.14. The van der Waals surface area contributed by atoms with Crippen molar-refractivity contribution >= 4 is 27.3 Å². The van der Waals surface area contributed by atoms with E-state index in [4.69, 9.17) is 5.73 Å². The SMILES string of the molecule is CN1CCN(Nc2cc(Br)ccc2N)CC1. The summed E-state index contributed by atoms with van der Waals surface area (Å²) >= 11 is 3.45. The number of nitrogens with one attached hydrogen (secondary N) is 1. The maximum absolute atomic E-state index is 5.91. The Labute approximate surface area is 104 Å². The van der Waals surface area contributed by atoms with E-state index in [-0.39, 0.29) is 0 Å². The lowest BCUT2D eigenvalue weighted by Crippen LogP contribution is -2.47. The first-order valence-corrected chi connectivity index (χ1v) is 6.19. The summed E-state index contributed by atoms with van der Waals surface area (Å²) in [6.07, 6.45) is 0.